The van der Waals surface area contributed by atoms with E-state index in [2.05, 4.69) is 20.1 Å². The van der Waals surface area contributed by atoms with Gasteiger partial charge in [-0.05, 0) is 37.0 Å². The number of aliphatic hydroxyl groups excluding tert-OH is 1. The first kappa shape index (κ1) is 31.4. The highest BCUT2D eigenvalue weighted by molar-refractivity contribution is 5.60. The van der Waals surface area contributed by atoms with Crippen LogP contribution in [0.25, 0.3) is 5.69 Å². The first-order valence-corrected chi connectivity index (χ1v) is 15.0. The molecule has 1 unspecified atom stereocenters. The van der Waals surface area contributed by atoms with Crippen molar-refractivity contribution in [1.29, 1.82) is 0 Å². The van der Waals surface area contributed by atoms with Gasteiger partial charge in [-0.3, -0.25) is 4.90 Å². The summed E-state index contributed by atoms with van der Waals surface area (Å²) in [4.78, 5) is 18.7. The minimum Gasteiger partial charge on any atom is -0.493 e. The third-order valence-electron chi connectivity index (χ3n) is 8.44. The molecule has 0 radical (unpaired) electrons. The van der Waals surface area contributed by atoms with Crippen LogP contribution in [0.4, 0.5) is 30.8 Å². The zero-order chi connectivity index (χ0) is 32.4. The number of halogens is 3. The normalized spacial score (nSPS) is 16.8. The molecule has 6 rings (SSSR count). The third kappa shape index (κ3) is 6.40. The largest absolute Gasteiger partial charge is 0.493 e. The molecule has 0 bridgehead atoms. The second-order valence-corrected chi connectivity index (χ2v) is 11.3. The smallest absolute Gasteiger partial charge is 0.416 e. The number of alkyl halides is 3. The number of nitrogens with zero attached hydrogens (tertiary/aromatic N) is 6. The molecule has 2 aliphatic heterocycles. The molecular formula is C32H36F3N7O4. The molecule has 14 heteroatoms. The van der Waals surface area contributed by atoms with Crippen LogP contribution < -0.4 is 24.4 Å². The van der Waals surface area contributed by atoms with Crippen molar-refractivity contribution in [3.63, 3.8) is 0 Å². The summed E-state index contributed by atoms with van der Waals surface area (Å²) >= 11 is 0. The molecule has 2 aliphatic rings. The van der Waals surface area contributed by atoms with Crippen LogP contribution in [0, 0.1) is 0 Å². The number of hydrogen-bond acceptors (Lipinski definition) is 10. The number of rotatable bonds is 10. The number of hydrogen-bond donors (Lipinski definition) is 2. The highest BCUT2D eigenvalue weighted by Gasteiger charge is 2.32. The molecule has 1 atom stereocenters. The molecule has 0 saturated carbocycles. The lowest BCUT2D eigenvalue weighted by molar-refractivity contribution is -0.137. The van der Waals surface area contributed by atoms with Gasteiger partial charge < -0.3 is 34.1 Å². The van der Waals surface area contributed by atoms with Crippen molar-refractivity contribution in [1.82, 2.24) is 24.4 Å². The molecule has 11 nitrogen and oxygen atoms in total. The Morgan fingerprint density at radius 1 is 1.00 bits per heavy atom. The molecule has 4 aromatic rings. The summed E-state index contributed by atoms with van der Waals surface area (Å²) in [7, 11) is 4.66. The zero-order valence-electron chi connectivity index (χ0n) is 25.8. The maximum absolute atomic E-state index is 13.1. The van der Waals surface area contributed by atoms with Gasteiger partial charge in [0.2, 0.25) is 11.7 Å². The minimum atomic E-state index is -4.37. The van der Waals surface area contributed by atoms with E-state index in [1.54, 1.807) is 38.4 Å². The van der Waals surface area contributed by atoms with Crippen LogP contribution in [-0.2, 0) is 25.7 Å². The van der Waals surface area contributed by atoms with E-state index in [-0.39, 0.29) is 12.6 Å². The van der Waals surface area contributed by atoms with E-state index in [4.69, 9.17) is 24.2 Å². The summed E-state index contributed by atoms with van der Waals surface area (Å²) < 4.78 is 57.4. The molecule has 0 aliphatic carbocycles. The Kier molecular flexibility index (Phi) is 8.91. The lowest BCUT2D eigenvalue weighted by Crippen LogP contribution is -2.37. The lowest BCUT2D eigenvalue weighted by atomic mass is 10.0. The number of aromatic nitrogens is 4. The van der Waals surface area contributed by atoms with Gasteiger partial charge >= 0.3 is 6.18 Å². The molecule has 0 amide bonds. The second kappa shape index (κ2) is 13.0. The fourth-order valence-corrected chi connectivity index (χ4v) is 6.11. The molecule has 2 aromatic heterocycles. The van der Waals surface area contributed by atoms with Crippen LogP contribution in [0.15, 0.2) is 48.9 Å². The van der Waals surface area contributed by atoms with Gasteiger partial charge in [-0.25, -0.2) is 9.97 Å². The van der Waals surface area contributed by atoms with E-state index in [0.717, 1.165) is 59.8 Å². The fraction of sp³-hybridized carbons (Fsp3) is 0.406. The van der Waals surface area contributed by atoms with E-state index < -0.39 is 11.7 Å². The van der Waals surface area contributed by atoms with Crippen LogP contribution >= 0.6 is 0 Å². The van der Waals surface area contributed by atoms with Crippen molar-refractivity contribution >= 4 is 17.6 Å². The molecule has 2 aromatic carbocycles. The number of benzene rings is 2. The highest BCUT2D eigenvalue weighted by Crippen LogP contribution is 2.40. The zero-order valence-corrected chi connectivity index (χ0v) is 25.8. The van der Waals surface area contributed by atoms with Crippen molar-refractivity contribution in [2.45, 2.75) is 44.6 Å². The van der Waals surface area contributed by atoms with E-state index in [0.29, 0.717) is 55.1 Å². The van der Waals surface area contributed by atoms with Gasteiger partial charge in [0, 0.05) is 43.9 Å². The second-order valence-electron chi connectivity index (χ2n) is 11.3. The first-order valence-electron chi connectivity index (χ1n) is 15.0. The number of aliphatic hydroxyl groups is 1. The maximum Gasteiger partial charge on any atom is 0.416 e. The van der Waals surface area contributed by atoms with Crippen molar-refractivity contribution < 1.29 is 32.5 Å². The van der Waals surface area contributed by atoms with E-state index in [1.807, 2.05) is 12.1 Å². The van der Waals surface area contributed by atoms with Gasteiger partial charge in [0.15, 0.2) is 17.3 Å². The topological polar surface area (TPSA) is 110 Å². The Labute approximate surface area is 264 Å². The lowest BCUT2D eigenvalue weighted by Gasteiger charge is -2.33. The fourth-order valence-electron chi connectivity index (χ4n) is 6.11. The molecule has 1 fully saturated rings. The van der Waals surface area contributed by atoms with Crippen LogP contribution in [-0.4, -0.2) is 76.6 Å². The maximum atomic E-state index is 13.1. The predicted octanol–water partition coefficient (Wildman–Crippen LogP) is 4.97. The molecule has 46 heavy (non-hydrogen) atoms. The summed E-state index contributed by atoms with van der Waals surface area (Å²) in [6.07, 6.45) is 1.58. The summed E-state index contributed by atoms with van der Waals surface area (Å²) in [5.41, 5.74) is 2.73. The molecule has 0 spiro atoms. The standard InChI is InChI=1S/C32H36F3N7O4/c1-44-26-13-23(14-27(45-2)29(26)46-3)41-17-28(36-19-41)38-31-37-25-16-40(15-20-6-8-21(9-7-20)32(33,34)35)12-10-24(25)30(39-31)42-11-4-5-22(42)18-43/h6-9,13-14,17,19,22,43H,4-5,10-12,15-16,18H2,1-3H3,(H,37,38,39). The van der Waals surface area contributed by atoms with Crippen LogP contribution in [0.5, 0.6) is 17.2 Å². The minimum absolute atomic E-state index is 0.0285. The Morgan fingerprint density at radius 3 is 2.39 bits per heavy atom. The van der Waals surface area contributed by atoms with Gasteiger partial charge in [0.1, 0.15) is 12.1 Å². The quantitative estimate of drug-likeness (QED) is 0.247. The van der Waals surface area contributed by atoms with E-state index in [9.17, 15) is 18.3 Å². The molecule has 244 valence electrons. The summed E-state index contributed by atoms with van der Waals surface area (Å²) in [6, 6.07) is 8.89. The summed E-state index contributed by atoms with van der Waals surface area (Å²) in [5, 5.41) is 13.3. The summed E-state index contributed by atoms with van der Waals surface area (Å²) in [5.74, 6) is 3.17. The Hall–Kier alpha value is -4.56. The molecular weight excluding hydrogens is 603 g/mol. The van der Waals surface area contributed by atoms with E-state index in [1.165, 1.54) is 12.1 Å². The van der Waals surface area contributed by atoms with Gasteiger partial charge in [-0.1, -0.05) is 12.1 Å². The highest BCUT2D eigenvalue weighted by atomic mass is 19.4. The average Bonchev–Trinajstić information content (AvgIpc) is 3.73. The van der Waals surface area contributed by atoms with Crippen molar-refractivity contribution in [2.24, 2.45) is 0 Å². The average molecular weight is 640 g/mol. The number of nitrogens with one attached hydrogen (secondary N) is 1. The number of anilines is 3. The first-order chi connectivity index (χ1) is 22.2. The SMILES string of the molecule is COc1cc(-n2cnc(Nc3nc4c(c(N5CCCC5CO)n3)CCN(Cc3ccc(C(F)(F)F)cc3)C4)c2)cc(OC)c1OC. The van der Waals surface area contributed by atoms with Gasteiger partial charge in [-0.2, -0.15) is 18.2 Å². The Morgan fingerprint density at radius 2 is 1.74 bits per heavy atom. The van der Waals surface area contributed by atoms with Crippen LogP contribution in [0.2, 0.25) is 0 Å². The van der Waals surface area contributed by atoms with Gasteiger partial charge in [0.05, 0.1) is 57.1 Å². The van der Waals surface area contributed by atoms with Crippen molar-refractivity contribution in [2.75, 3.05) is 51.2 Å². The molecule has 2 N–H and O–H groups in total. The Balaban J connectivity index is 1.28. The van der Waals surface area contributed by atoms with Gasteiger partial charge in [0.25, 0.3) is 0 Å². The summed E-state index contributed by atoms with van der Waals surface area (Å²) in [6.45, 7) is 2.49. The van der Waals surface area contributed by atoms with Gasteiger partial charge in [-0.15, -0.1) is 0 Å². The van der Waals surface area contributed by atoms with E-state index >= 15 is 0 Å². The molecule has 4 heterocycles. The number of fused-ring (bicyclic) bond motifs is 1. The van der Waals surface area contributed by atoms with Crippen molar-refractivity contribution in [3.05, 3.63) is 71.3 Å². The molecule has 1 saturated heterocycles. The van der Waals surface area contributed by atoms with Crippen LogP contribution in [0.1, 0.15) is 35.2 Å². The van der Waals surface area contributed by atoms with Crippen LogP contribution in [0.3, 0.4) is 0 Å². The third-order valence-corrected chi connectivity index (χ3v) is 8.44. The predicted molar refractivity (Wildman–Crippen MR) is 165 cm³/mol. The number of methoxy groups -OCH3 is 3. The monoisotopic (exact) mass is 639 g/mol. The van der Waals surface area contributed by atoms with Crippen molar-refractivity contribution in [3.8, 4) is 22.9 Å². The Bertz CT molecular complexity index is 1650. The number of ether oxygens (including phenoxy) is 3. The number of imidazole rings is 1.